The molecule has 0 aromatic rings. The molecule has 2 atom stereocenters. The van der Waals surface area contributed by atoms with Gasteiger partial charge in [-0.15, -0.1) is 6.58 Å². The van der Waals surface area contributed by atoms with Crippen molar-refractivity contribution >= 4 is 0 Å². The molecule has 13 heavy (non-hydrogen) atoms. The third-order valence-corrected chi connectivity index (χ3v) is 2.40. The Bertz CT molecular complexity index is 143. The molecule has 2 heteroatoms. The lowest BCUT2D eigenvalue weighted by molar-refractivity contribution is 0.0531. The van der Waals surface area contributed by atoms with Crippen LogP contribution in [0.15, 0.2) is 12.7 Å². The minimum atomic E-state index is -0.567. The van der Waals surface area contributed by atoms with Crippen molar-refractivity contribution in [3.63, 3.8) is 0 Å². The number of allylic oxidation sites excluding steroid dienone is 1. The van der Waals surface area contributed by atoms with Crippen LogP contribution < -0.4 is 5.32 Å². The second-order valence-corrected chi connectivity index (χ2v) is 4.00. The van der Waals surface area contributed by atoms with E-state index in [4.69, 9.17) is 0 Å². The molecule has 0 fully saturated rings. The number of nitrogens with one attached hydrogen (secondary N) is 1. The molecule has 0 bridgehead atoms. The normalized spacial score (nSPS) is 17.8. The van der Waals surface area contributed by atoms with E-state index in [1.54, 1.807) is 0 Å². The van der Waals surface area contributed by atoms with Crippen LogP contribution in [0.2, 0.25) is 0 Å². The van der Waals surface area contributed by atoms with E-state index < -0.39 is 5.60 Å². The predicted octanol–water partition coefficient (Wildman–Crippen LogP) is 2.09. The maximum Gasteiger partial charge on any atom is 0.0741 e. The average Bonchev–Trinajstić information content (AvgIpc) is 2.11. The molecule has 0 aliphatic rings. The first kappa shape index (κ1) is 12.7. The van der Waals surface area contributed by atoms with Gasteiger partial charge in [0.15, 0.2) is 0 Å². The van der Waals surface area contributed by atoms with Crippen LogP contribution in [0, 0.1) is 0 Å². The lowest BCUT2D eigenvalue weighted by Gasteiger charge is -2.24. The van der Waals surface area contributed by atoms with E-state index in [0.717, 1.165) is 19.3 Å². The highest BCUT2D eigenvalue weighted by Crippen LogP contribution is 2.07. The van der Waals surface area contributed by atoms with Gasteiger partial charge in [-0.2, -0.15) is 0 Å². The third-order valence-electron chi connectivity index (χ3n) is 2.40. The van der Waals surface area contributed by atoms with E-state index in [1.165, 1.54) is 0 Å². The fourth-order valence-electron chi connectivity index (χ4n) is 0.989. The van der Waals surface area contributed by atoms with Gasteiger partial charge in [-0.1, -0.05) is 13.0 Å². The van der Waals surface area contributed by atoms with Gasteiger partial charge in [-0.25, -0.2) is 0 Å². The van der Waals surface area contributed by atoms with Gasteiger partial charge in [0.05, 0.1) is 5.60 Å². The second-order valence-electron chi connectivity index (χ2n) is 4.00. The maximum atomic E-state index is 9.71. The number of hydrogen-bond acceptors (Lipinski definition) is 2. The molecule has 0 aliphatic heterocycles. The Kier molecular flexibility index (Phi) is 6.00. The molecule has 2 unspecified atom stereocenters. The van der Waals surface area contributed by atoms with Gasteiger partial charge in [0.25, 0.3) is 0 Å². The smallest absolute Gasteiger partial charge is 0.0741 e. The molecule has 0 saturated heterocycles. The Morgan fingerprint density at radius 2 is 2.23 bits per heavy atom. The summed E-state index contributed by atoms with van der Waals surface area (Å²) in [6.07, 6.45) is 4.83. The molecule has 0 aliphatic carbocycles. The molecule has 0 saturated carbocycles. The molecule has 0 rings (SSSR count). The Balaban J connectivity index is 3.56. The van der Waals surface area contributed by atoms with Gasteiger partial charge in [0.1, 0.15) is 0 Å². The van der Waals surface area contributed by atoms with Gasteiger partial charge >= 0.3 is 0 Å². The first-order valence-corrected chi connectivity index (χ1v) is 5.08. The molecule has 0 spiro atoms. The van der Waals surface area contributed by atoms with Crippen LogP contribution in [0.25, 0.3) is 0 Å². The van der Waals surface area contributed by atoms with E-state index in [2.05, 4.69) is 18.8 Å². The van der Waals surface area contributed by atoms with Crippen molar-refractivity contribution in [2.24, 2.45) is 0 Å². The third kappa shape index (κ3) is 6.79. The van der Waals surface area contributed by atoms with Crippen LogP contribution in [0.4, 0.5) is 0 Å². The van der Waals surface area contributed by atoms with Crippen LogP contribution in [0.3, 0.4) is 0 Å². The number of rotatable bonds is 7. The van der Waals surface area contributed by atoms with Gasteiger partial charge in [0.2, 0.25) is 0 Å². The Morgan fingerprint density at radius 3 is 2.69 bits per heavy atom. The summed E-state index contributed by atoms with van der Waals surface area (Å²) in [4.78, 5) is 0. The van der Waals surface area contributed by atoms with Crippen molar-refractivity contribution in [3.8, 4) is 0 Å². The number of aliphatic hydroxyl groups is 1. The lowest BCUT2D eigenvalue weighted by Crippen LogP contribution is -2.41. The standard InChI is InChI=1S/C11H23NO/c1-5-7-8-10(3)12-9-11(4,13)6-2/h5,10,12-13H,1,6-9H2,2-4H3. The Morgan fingerprint density at radius 1 is 1.62 bits per heavy atom. The topological polar surface area (TPSA) is 32.3 Å². The molecule has 2 N–H and O–H groups in total. The zero-order chi connectivity index (χ0) is 10.3. The van der Waals surface area contributed by atoms with Crippen molar-refractivity contribution in [2.75, 3.05) is 6.54 Å². The van der Waals surface area contributed by atoms with Crippen molar-refractivity contribution in [2.45, 2.75) is 51.7 Å². The summed E-state index contributed by atoms with van der Waals surface area (Å²) in [6, 6.07) is 0.455. The van der Waals surface area contributed by atoms with Crippen molar-refractivity contribution < 1.29 is 5.11 Å². The van der Waals surface area contributed by atoms with E-state index in [0.29, 0.717) is 12.6 Å². The Labute approximate surface area is 82.0 Å². The highest BCUT2D eigenvalue weighted by molar-refractivity contribution is 4.77. The van der Waals surface area contributed by atoms with Gasteiger partial charge in [0, 0.05) is 12.6 Å². The van der Waals surface area contributed by atoms with Gasteiger partial charge < -0.3 is 10.4 Å². The average molecular weight is 185 g/mol. The zero-order valence-corrected chi connectivity index (χ0v) is 9.14. The fraction of sp³-hybridized carbons (Fsp3) is 0.818. The second kappa shape index (κ2) is 6.17. The first-order chi connectivity index (χ1) is 6.02. The number of hydrogen-bond donors (Lipinski definition) is 2. The highest BCUT2D eigenvalue weighted by Gasteiger charge is 2.17. The highest BCUT2D eigenvalue weighted by atomic mass is 16.3. The largest absolute Gasteiger partial charge is 0.389 e. The summed E-state index contributed by atoms with van der Waals surface area (Å²) in [5, 5.41) is 13.0. The Hall–Kier alpha value is -0.340. The molecule has 78 valence electrons. The molecule has 0 aromatic carbocycles. The molecule has 0 aromatic heterocycles. The molecular formula is C11H23NO. The maximum absolute atomic E-state index is 9.71. The minimum absolute atomic E-state index is 0.455. The fourth-order valence-corrected chi connectivity index (χ4v) is 0.989. The first-order valence-electron chi connectivity index (χ1n) is 5.08. The molecule has 0 heterocycles. The quantitative estimate of drug-likeness (QED) is 0.595. The van der Waals surface area contributed by atoms with Crippen LogP contribution in [0.5, 0.6) is 0 Å². The summed E-state index contributed by atoms with van der Waals surface area (Å²) < 4.78 is 0. The molecule has 0 radical (unpaired) electrons. The van der Waals surface area contributed by atoms with E-state index >= 15 is 0 Å². The van der Waals surface area contributed by atoms with Crippen LogP contribution >= 0.6 is 0 Å². The summed E-state index contributed by atoms with van der Waals surface area (Å²) in [7, 11) is 0. The summed E-state index contributed by atoms with van der Waals surface area (Å²) in [6.45, 7) is 10.3. The minimum Gasteiger partial charge on any atom is -0.389 e. The predicted molar refractivity (Wildman–Crippen MR) is 57.8 cm³/mol. The SMILES string of the molecule is C=CCCC(C)NCC(C)(O)CC. The summed E-state index contributed by atoms with van der Waals surface area (Å²) >= 11 is 0. The van der Waals surface area contributed by atoms with Crippen molar-refractivity contribution in [1.82, 2.24) is 5.32 Å². The van der Waals surface area contributed by atoms with Crippen molar-refractivity contribution in [3.05, 3.63) is 12.7 Å². The summed E-state index contributed by atoms with van der Waals surface area (Å²) in [5.74, 6) is 0. The van der Waals surface area contributed by atoms with E-state index in [9.17, 15) is 5.11 Å². The molecule has 2 nitrogen and oxygen atoms in total. The molecular weight excluding hydrogens is 162 g/mol. The zero-order valence-electron chi connectivity index (χ0n) is 9.14. The van der Waals surface area contributed by atoms with Gasteiger partial charge in [-0.05, 0) is 33.1 Å². The van der Waals surface area contributed by atoms with E-state index in [1.807, 2.05) is 19.9 Å². The van der Waals surface area contributed by atoms with Gasteiger partial charge in [-0.3, -0.25) is 0 Å². The molecule has 0 amide bonds. The van der Waals surface area contributed by atoms with E-state index in [-0.39, 0.29) is 0 Å². The lowest BCUT2D eigenvalue weighted by atomic mass is 10.0. The van der Waals surface area contributed by atoms with Crippen LogP contribution in [-0.2, 0) is 0 Å². The van der Waals surface area contributed by atoms with Crippen LogP contribution in [0.1, 0.15) is 40.0 Å². The van der Waals surface area contributed by atoms with Crippen molar-refractivity contribution in [1.29, 1.82) is 0 Å². The summed E-state index contributed by atoms with van der Waals surface area (Å²) in [5.41, 5.74) is -0.567. The monoisotopic (exact) mass is 185 g/mol. The van der Waals surface area contributed by atoms with Crippen LogP contribution in [-0.4, -0.2) is 23.3 Å².